The predicted molar refractivity (Wildman–Crippen MR) is 113 cm³/mol. The first-order valence-corrected chi connectivity index (χ1v) is 10.1. The lowest BCUT2D eigenvalue weighted by Gasteiger charge is -2.36. The Bertz CT molecular complexity index is 1030. The molecule has 0 spiro atoms. The molecule has 2 amide bonds. The van der Waals surface area contributed by atoms with Gasteiger partial charge in [0.15, 0.2) is 0 Å². The maximum atomic E-state index is 13.6. The van der Waals surface area contributed by atoms with E-state index in [4.69, 9.17) is 9.47 Å². The number of carbonyl (C=O) groups is 1. The minimum atomic E-state index is -0.324. The fourth-order valence-electron chi connectivity index (χ4n) is 4.12. The smallest absolute Gasteiger partial charge is 0.318 e. The van der Waals surface area contributed by atoms with Crippen LogP contribution in [0.4, 0.5) is 9.18 Å². The molecular formula is C23H26FN3O3. The third-order valence-electron chi connectivity index (χ3n) is 5.58. The van der Waals surface area contributed by atoms with E-state index in [-0.39, 0.29) is 17.9 Å². The number of fused-ring (bicyclic) bond motifs is 3. The van der Waals surface area contributed by atoms with E-state index >= 15 is 0 Å². The van der Waals surface area contributed by atoms with Gasteiger partial charge in [0.1, 0.15) is 11.6 Å². The molecule has 2 N–H and O–H groups in total. The Kier molecular flexibility index (Phi) is 5.90. The first kappa shape index (κ1) is 20.2. The van der Waals surface area contributed by atoms with Gasteiger partial charge in [0, 0.05) is 43.4 Å². The second kappa shape index (κ2) is 8.75. The van der Waals surface area contributed by atoms with E-state index in [1.807, 2.05) is 23.1 Å². The Morgan fingerprint density at radius 1 is 1.23 bits per heavy atom. The van der Waals surface area contributed by atoms with Gasteiger partial charge in [-0.25, -0.2) is 9.18 Å². The molecule has 3 aromatic rings. The van der Waals surface area contributed by atoms with Crippen LogP contribution in [0.15, 0.2) is 42.5 Å². The van der Waals surface area contributed by atoms with Crippen molar-refractivity contribution in [2.24, 2.45) is 0 Å². The number of benzene rings is 2. The van der Waals surface area contributed by atoms with Gasteiger partial charge in [-0.3, -0.25) is 0 Å². The third-order valence-corrected chi connectivity index (χ3v) is 5.58. The first-order valence-electron chi connectivity index (χ1n) is 10.1. The van der Waals surface area contributed by atoms with Crippen LogP contribution in [0.5, 0.6) is 5.75 Å². The van der Waals surface area contributed by atoms with Crippen LogP contribution in [0.25, 0.3) is 10.9 Å². The van der Waals surface area contributed by atoms with Crippen molar-refractivity contribution in [2.45, 2.75) is 18.9 Å². The van der Waals surface area contributed by atoms with Crippen molar-refractivity contribution >= 4 is 16.9 Å². The molecule has 1 aliphatic rings. The largest absolute Gasteiger partial charge is 0.497 e. The highest BCUT2D eigenvalue weighted by molar-refractivity contribution is 5.87. The van der Waals surface area contributed by atoms with E-state index in [9.17, 15) is 9.18 Å². The summed E-state index contributed by atoms with van der Waals surface area (Å²) >= 11 is 0. The van der Waals surface area contributed by atoms with E-state index in [0.717, 1.165) is 40.8 Å². The molecule has 2 aromatic carbocycles. The monoisotopic (exact) mass is 411 g/mol. The Morgan fingerprint density at radius 2 is 2.03 bits per heavy atom. The maximum Gasteiger partial charge on any atom is 0.318 e. The highest BCUT2D eigenvalue weighted by Crippen LogP contribution is 2.39. The Hall–Kier alpha value is -3.06. The van der Waals surface area contributed by atoms with Gasteiger partial charge < -0.3 is 24.7 Å². The molecule has 6 nitrogen and oxygen atoms in total. The summed E-state index contributed by atoms with van der Waals surface area (Å²) in [5.74, 6) is 0.493. The lowest BCUT2D eigenvalue weighted by molar-refractivity contribution is 0.173. The molecule has 0 radical (unpaired) electrons. The van der Waals surface area contributed by atoms with E-state index < -0.39 is 0 Å². The molecule has 158 valence electrons. The number of halogens is 1. The summed E-state index contributed by atoms with van der Waals surface area (Å²) in [6.07, 6.45) is 1.47. The number of rotatable bonds is 6. The molecule has 0 saturated carbocycles. The van der Waals surface area contributed by atoms with Crippen molar-refractivity contribution in [1.82, 2.24) is 15.2 Å². The van der Waals surface area contributed by atoms with Gasteiger partial charge in [-0.2, -0.15) is 0 Å². The van der Waals surface area contributed by atoms with Crippen LogP contribution < -0.4 is 10.1 Å². The summed E-state index contributed by atoms with van der Waals surface area (Å²) in [6, 6.07) is 11.8. The minimum Gasteiger partial charge on any atom is -0.497 e. The predicted octanol–water partition coefficient (Wildman–Crippen LogP) is 4.01. The van der Waals surface area contributed by atoms with Crippen LogP contribution >= 0.6 is 0 Å². The number of aromatic amines is 1. The molecule has 0 bridgehead atoms. The van der Waals surface area contributed by atoms with Crippen LogP contribution in [0.3, 0.4) is 0 Å². The lowest BCUT2D eigenvalue weighted by atomic mass is 9.92. The quantitative estimate of drug-likeness (QED) is 0.603. The summed E-state index contributed by atoms with van der Waals surface area (Å²) in [5.41, 5.74) is 3.99. The number of nitrogens with zero attached hydrogens (tertiary/aromatic N) is 1. The second-order valence-corrected chi connectivity index (χ2v) is 7.40. The van der Waals surface area contributed by atoms with Gasteiger partial charge >= 0.3 is 6.03 Å². The average molecular weight is 411 g/mol. The molecule has 1 aliphatic heterocycles. The Labute approximate surface area is 175 Å². The van der Waals surface area contributed by atoms with Crippen molar-refractivity contribution < 1.29 is 18.7 Å². The average Bonchev–Trinajstić information content (AvgIpc) is 3.14. The van der Waals surface area contributed by atoms with E-state index in [0.29, 0.717) is 19.7 Å². The number of methoxy groups -OCH3 is 2. The van der Waals surface area contributed by atoms with Crippen molar-refractivity contribution in [3.05, 3.63) is 65.1 Å². The number of amides is 2. The van der Waals surface area contributed by atoms with Crippen LogP contribution in [0.2, 0.25) is 0 Å². The van der Waals surface area contributed by atoms with Gasteiger partial charge in [0.2, 0.25) is 0 Å². The number of carbonyl (C=O) groups excluding carboxylic acids is 1. The highest BCUT2D eigenvalue weighted by atomic mass is 19.1. The van der Waals surface area contributed by atoms with Crippen molar-refractivity contribution in [3.63, 3.8) is 0 Å². The zero-order chi connectivity index (χ0) is 21.1. The molecule has 1 atom stereocenters. The normalized spacial score (nSPS) is 15.8. The van der Waals surface area contributed by atoms with E-state index in [1.165, 1.54) is 17.7 Å². The summed E-state index contributed by atoms with van der Waals surface area (Å²) in [7, 11) is 3.29. The molecule has 2 heterocycles. The summed E-state index contributed by atoms with van der Waals surface area (Å²) in [6.45, 7) is 1.70. The number of nitrogens with one attached hydrogen (secondary N) is 2. The summed E-state index contributed by atoms with van der Waals surface area (Å²) < 4.78 is 24.0. The SMILES string of the molecule is COCCCNC(=O)N1CCc2c([nH]c3ccc(OC)cc23)[C@H]1c1ccc(F)cc1. The summed E-state index contributed by atoms with van der Waals surface area (Å²) in [5, 5.41) is 4.07. The van der Waals surface area contributed by atoms with Gasteiger partial charge in [-0.15, -0.1) is 0 Å². The van der Waals surface area contributed by atoms with Crippen LogP contribution in [-0.4, -0.2) is 49.8 Å². The van der Waals surface area contributed by atoms with Crippen LogP contribution in [0.1, 0.15) is 29.3 Å². The number of urea groups is 1. The second-order valence-electron chi connectivity index (χ2n) is 7.40. The van der Waals surface area contributed by atoms with Crippen LogP contribution in [-0.2, 0) is 11.2 Å². The number of H-pyrrole nitrogens is 1. The number of aromatic nitrogens is 1. The summed E-state index contributed by atoms with van der Waals surface area (Å²) in [4.78, 5) is 18.3. The van der Waals surface area contributed by atoms with Crippen molar-refractivity contribution in [1.29, 1.82) is 0 Å². The molecule has 30 heavy (non-hydrogen) atoms. The van der Waals surface area contributed by atoms with Gasteiger partial charge in [-0.1, -0.05) is 12.1 Å². The molecule has 4 rings (SSSR count). The fourth-order valence-corrected chi connectivity index (χ4v) is 4.12. The molecule has 7 heteroatoms. The van der Waals surface area contributed by atoms with E-state index in [1.54, 1.807) is 26.4 Å². The molecule has 0 fully saturated rings. The lowest BCUT2D eigenvalue weighted by Crippen LogP contribution is -2.46. The fraction of sp³-hybridized carbons (Fsp3) is 0.348. The van der Waals surface area contributed by atoms with Crippen molar-refractivity contribution in [3.8, 4) is 5.75 Å². The molecule has 0 aliphatic carbocycles. The standard InChI is InChI=1S/C23H26FN3O3/c1-29-13-3-11-25-23(28)27-12-10-18-19-14-17(30-2)8-9-20(19)26-21(18)22(27)15-4-6-16(24)7-5-15/h4-9,14,22,26H,3,10-13H2,1-2H3,(H,25,28)/t22-/m1/s1. The van der Waals surface area contributed by atoms with Crippen molar-refractivity contribution in [2.75, 3.05) is 33.9 Å². The first-order chi connectivity index (χ1) is 14.6. The van der Waals surface area contributed by atoms with Gasteiger partial charge in [0.05, 0.1) is 13.2 Å². The third kappa shape index (κ3) is 3.85. The molecular weight excluding hydrogens is 385 g/mol. The maximum absolute atomic E-state index is 13.6. The van der Waals surface area contributed by atoms with Gasteiger partial charge in [0.25, 0.3) is 0 Å². The minimum absolute atomic E-state index is 0.137. The van der Waals surface area contributed by atoms with E-state index in [2.05, 4.69) is 10.3 Å². The highest BCUT2D eigenvalue weighted by Gasteiger charge is 2.34. The molecule has 1 aromatic heterocycles. The van der Waals surface area contributed by atoms with Crippen LogP contribution in [0, 0.1) is 5.82 Å². The Morgan fingerprint density at radius 3 is 2.77 bits per heavy atom. The topological polar surface area (TPSA) is 66.6 Å². The molecule has 0 saturated heterocycles. The number of hydrogen-bond donors (Lipinski definition) is 2. The molecule has 0 unspecified atom stereocenters. The zero-order valence-corrected chi connectivity index (χ0v) is 17.2. The number of ether oxygens (including phenoxy) is 2. The van der Waals surface area contributed by atoms with Gasteiger partial charge in [-0.05, 0) is 54.3 Å². The zero-order valence-electron chi connectivity index (χ0n) is 17.2. The number of hydrogen-bond acceptors (Lipinski definition) is 3. The Balaban J connectivity index is 1.72.